The highest BCUT2D eigenvalue weighted by atomic mass is 32.2. The van der Waals surface area contributed by atoms with Gasteiger partial charge in [-0.1, -0.05) is 19.8 Å². The Kier molecular flexibility index (Phi) is 6.34. The standard InChI is InChI=1S/C13H20O2S/c1-3-4-5-11(14)10-16-13-8-6-12(15-2)7-9-13/h6-9,11,14H,3-5,10H2,1-2H3. The number of hydrogen-bond acceptors (Lipinski definition) is 3. The van der Waals surface area contributed by atoms with Gasteiger partial charge in [0.2, 0.25) is 0 Å². The van der Waals surface area contributed by atoms with E-state index in [-0.39, 0.29) is 6.10 Å². The Balaban J connectivity index is 2.30. The van der Waals surface area contributed by atoms with Crippen LogP contribution < -0.4 is 4.74 Å². The molecule has 1 rings (SSSR count). The second kappa shape index (κ2) is 7.58. The molecule has 0 saturated heterocycles. The Morgan fingerprint density at radius 3 is 2.56 bits per heavy atom. The van der Waals surface area contributed by atoms with Crippen molar-refractivity contribution in [1.29, 1.82) is 0 Å². The minimum atomic E-state index is -0.188. The van der Waals surface area contributed by atoms with Crippen LogP contribution in [-0.4, -0.2) is 24.1 Å². The highest BCUT2D eigenvalue weighted by Gasteiger charge is 2.04. The molecule has 0 spiro atoms. The summed E-state index contributed by atoms with van der Waals surface area (Å²) in [6.45, 7) is 2.14. The van der Waals surface area contributed by atoms with E-state index in [9.17, 15) is 5.11 Å². The molecular weight excluding hydrogens is 220 g/mol. The van der Waals surface area contributed by atoms with Crippen molar-refractivity contribution in [1.82, 2.24) is 0 Å². The molecule has 1 aromatic carbocycles. The monoisotopic (exact) mass is 240 g/mol. The molecule has 1 unspecified atom stereocenters. The van der Waals surface area contributed by atoms with E-state index in [0.717, 1.165) is 30.8 Å². The molecular formula is C13H20O2S. The lowest BCUT2D eigenvalue weighted by Crippen LogP contribution is -2.09. The highest BCUT2D eigenvalue weighted by molar-refractivity contribution is 7.99. The molecule has 1 N–H and O–H groups in total. The second-order valence-electron chi connectivity index (χ2n) is 3.78. The molecule has 0 heterocycles. The molecule has 1 atom stereocenters. The summed E-state index contributed by atoms with van der Waals surface area (Å²) in [5, 5.41) is 9.70. The lowest BCUT2D eigenvalue weighted by Gasteiger charge is -2.09. The van der Waals surface area contributed by atoms with Gasteiger partial charge in [0.05, 0.1) is 13.2 Å². The van der Waals surface area contributed by atoms with Gasteiger partial charge in [0, 0.05) is 10.6 Å². The molecule has 90 valence electrons. The first-order valence-corrected chi connectivity index (χ1v) is 6.69. The normalized spacial score (nSPS) is 12.4. The van der Waals surface area contributed by atoms with Crippen molar-refractivity contribution in [2.75, 3.05) is 12.9 Å². The number of methoxy groups -OCH3 is 1. The minimum Gasteiger partial charge on any atom is -0.497 e. The van der Waals surface area contributed by atoms with Gasteiger partial charge in [-0.15, -0.1) is 11.8 Å². The predicted molar refractivity (Wildman–Crippen MR) is 69.2 cm³/mol. The molecule has 2 nitrogen and oxygen atoms in total. The van der Waals surface area contributed by atoms with Crippen LogP contribution in [0.3, 0.4) is 0 Å². The van der Waals surface area contributed by atoms with E-state index in [2.05, 4.69) is 6.92 Å². The molecule has 0 aliphatic rings. The van der Waals surface area contributed by atoms with Crippen LogP contribution in [0.4, 0.5) is 0 Å². The summed E-state index contributed by atoms with van der Waals surface area (Å²) in [4.78, 5) is 1.18. The Morgan fingerprint density at radius 2 is 2.00 bits per heavy atom. The number of ether oxygens (including phenoxy) is 1. The summed E-state index contributed by atoms with van der Waals surface area (Å²) in [6, 6.07) is 7.94. The van der Waals surface area contributed by atoms with Crippen molar-refractivity contribution in [3.05, 3.63) is 24.3 Å². The van der Waals surface area contributed by atoms with E-state index in [1.165, 1.54) is 4.90 Å². The van der Waals surface area contributed by atoms with E-state index in [0.29, 0.717) is 0 Å². The quantitative estimate of drug-likeness (QED) is 0.741. The zero-order valence-electron chi connectivity index (χ0n) is 9.98. The maximum absolute atomic E-state index is 9.70. The minimum absolute atomic E-state index is 0.188. The first-order chi connectivity index (χ1) is 7.76. The average molecular weight is 240 g/mol. The highest BCUT2D eigenvalue weighted by Crippen LogP contribution is 2.22. The SMILES string of the molecule is CCCCC(O)CSc1ccc(OC)cc1. The Morgan fingerprint density at radius 1 is 1.31 bits per heavy atom. The van der Waals surface area contributed by atoms with E-state index < -0.39 is 0 Å². The van der Waals surface area contributed by atoms with E-state index >= 15 is 0 Å². The van der Waals surface area contributed by atoms with Gasteiger partial charge in [-0.05, 0) is 30.7 Å². The Bertz CT molecular complexity index is 284. The number of unbranched alkanes of at least 4 members (excludes halogenated alkanes) is 1. The van der Waals surface area contributed by atoms with Crippen LogP contribution in [-0.2, 0) is 0 Å². The van der Waals surface area contributed by atoms with Crippen molar-refractivity contribution in [2.24, 2.45) is 0 Å². The number of thioether (sulfide) groups is 1. The van der Waals surface area contributed by atoms with Gasteiger partial charge in [-0.3, -0.25) is 0 Å². The van der Waals surface area contributed by atoms with Crippen LogP contribution in [0, 0.1) is 0 Å². The summed E-state index contributed by atoms with van der Waals surface area (Å²) in [7, 11) is 1.66. The van der Waals surface area contributed by atoms with Crippen LogP contribution in [0.5, 0.6) is 5.75 Å². The predicted octanol–water partition coefficient (Wildman–Crippen LogP) is 3.34. The van der Waals surface area contributed by atoms with Crippen LogP contribution in [0.2, 0.25) is 0 Å². The van der Waals surface area contributed by atoms with Crippen molar-refractivity contribution >= 4 is 11.8 Å². The molecule has 0 aromatic heterocycles. The van der Waals surface area contributed by atoms with Crippen molar-refractivity contribution in [3.8, 4) is 5.75 Å². The van der Waals surface area contributed by atoms with E-state index in [4.69, 9.17) is 4.74 Å². The number of aliphatic hydroxyl groups excluding tert-OH is 1. The maximum atomic E-state index is 9.70. The largest absolute Gasteiger partial charge is 0.497 e. The fourth-order valence-corrected chi connectivity index (χ4v) is 2.27. The number of aliphatic hydroxyl groups is 1. The second-order valence-corrected chi connectivity index (χ2v) is 4.88. The maximum Gasteiger partial charge on any atom is 0.118 e. The van der Waals surface area contributed by atoms with Crippen molar-refractivity contribution in [2.45, 2.75) is 37.2 Å². The molecule has 16 heavy (non-hydrogen) atoms. The zero-order chi connectivity index (χ0) is 11.8. The zero-order valence-corrected chi connectivity index (χ0v) is 10.8. The average Bonchev–Trinajstić information content (AvgIpc) is 2.34. The molecule has 0 aliphatic heterocycles. The van der Waals surface area contributed by atoms with Gasteiger partial charge in [0.1, 0.15) is 5.75 Å². The van der Waals surface area contributed by atoms with Crippen molar-refractivity contribution in [3.63, 3.8) is 0 Å². The summed E-state index contributed by atoms with van der Waals surface area (Å²) in [5.41, 5.74) is 0. The fraction of sp³-hybridized carbons (Fsp3) is 0.538. The third kappa shape index (κ3) is 4.90. The number of hydrogen-bond donors (Lipinski definition) is 1. The summed E-state index contributed by atoms with van der Waals surface area (Å²) < 4.78 is 5.09. The number of benzene rings is 1. The smallest absolute Gasteiger partial charge is 0.118 e. The molecule has 0 saturated carbocycles. The first kappa shape index (κ1) is 13.4. The van der Waals surface area contributed by atoms with Crippen LogP contribution in [0.25, 0.3) is 0 Å². The van der Waals surface area contributed by atoms with Gasteiger partial charge in [0.15, 0.2) is 0 Å². The molecule has 3 heteroatoms. The van der Waals surface area contributed by atoms with Crippen molar-refractivity contribution < 1.29 is 9.84 Å². The van der Waals surface area contributed by atoms with Crippen LogP contribution in [0.1, 0.15) is 26.2 Å². The molecule has 1 aromatic rings. The molecule has 0 amide bonds. The summed E-state index contributed by atoms with van der Waals surface area (Å²) in [5.74, 6) is 1.64. The molecule has 0 bridgehead atoms. The molecule has 0 radical (unpaired) electrons. The van der Waals surface area contributed by atoms with Gasteiger partial charge >= 0.3 is 0 Å². The lowest BCUT2D eigenvalue weighted by atomic mass is 10.2. The third-order valence-electron chi connectivity index (χ3n) is 2.39. The van der Waals surface area contributed by atoms with Gasteiger partial charge < -0.3 is 9.84 Å². The Labute approximate surface area is 102 Å². The summed E-state index contributed by atoms with van der Waals surface area (Å²) >= 11 is 1.69. The fourth-order valence-electron chi connectivity index (χ4n) is 1.39. The van der Waals surface area contributed by atoms with Crippen LogP contribution in [0.15, 0.2) is 29.2 Å². The van der Waals surface area contributed by atoms with Crippen LogP contribution >= 0.6 is 11.8 Å². The number of rotatable bonds is 7. The van der Waals surface area contributed by atoms with E-state index in [1.807, 2.05) is 24.3 Å². The van der Waals surface area contributed by atoms with Gasteiger partial charge in [-0.25, -0.2) is 0 Å². The third-order valence-corrected chi connectivity index (χ3v) is 3.55. The van der Waals surface area contributed by atoms with Gasteiger partial charge in [-0.2, -0.15) is 0 Å². The molecule has 0 fully saturated rings. The first-order valence-electron chi connectivity index (χ1n) is 5.71. The molecule has 0 aliphatic carbocycles. The summed E-state index contributed by atoms with van der Waals surface area (Å²) in [6.07, 6.45) is 2.96. The lowest BCUT2D eigenvalue weighted by molar-refractivity contribution is 0.186. The topological polar surface area (TPSA) is 29.5 Å². The Hall–Kier alpha value is -0.670. The van der Waals surface area contributed by atoms with E-state index in [1.54, 1.807) is 18.9 Å². The van der Waals surface area contributed by atoms with Gasteiger partial charge in [0.25, 0.3) is 0 Å².